The van der Waals surface area contributed by atoms with Crippen LogP contribution in [0, 0.1) is 5.92 Å². The summed E-state index contributed by atoms with van der Waals surface area (Å²) in [5.74, 6) is 1.44. The van der Waals surface area contributed by atoms with Gasteiger partial charge in [-0.1, -0.05) is 44.2 Å². The van der Waals surface area contributed by atoms with Crippen LogP contribution >= 0.6 is 11.6 Å². The number of hydrogen-bond acceptors (Lipinski definition) is 2. The molecule has 2 aromatic rings. The molecule has 0 saturated heterocycles. The number of halogens is 1. The lowest BCUT2D eigenvalue weighted by Gasteiger charge is -2.20. The molecule has 0 N–H and O–H groups in total. The standard InChI is InChI=1S/C19H21ClO2/c1-14(2)18(15-6-4-3-5-7-15)19(21)16-8-10-17(11-9-16)22-13-12-20/h3-11,14,18H,12-13H2,1-2H3. The fraction of sp³-hybridized carbons (Fsp3) is 0.316. The Bertz CT molecular complexity index is 591. The van der Waals surface area contributed by atoms with Crippen molar-refractivity contribution in [2.24, 2.45) is 5.92 Å². The normalized spacial score (nSPS) is 12.2. The number of hydrogen-bond donors (Lipinski definition) is 0. The van der Waals surface area contributed by atoms with E-state index in [1.165, 1.54) is 0 Å². The first-order valence-electron chi connectivity index (χ1n) is 7.51. The lowest BCUT2D eigenvalue weighted by Crippen LogP contribution is -2.18. The number of benzene rings is 2. The summed E-state index contributed by atoms with van der Waals surface area (Å²) in [7, 11) is 0. The van der Waals surface area contributed by atoms with E-state index in [0.717, 1.165) is 11.3 Å². The van der Waals surface area contributed by atoms with Gasteiger partial charge in [0, 0.05) is 11.5 Å². The zero-order valence-electron chi connectivity index (χ0n) is 13.0. The highest BCUT2D eigenvalue weighted by molar-refractivity contribution is 6.18. The van der Waals surface area contributed by atoms with Gasteiger partial charge in [0.1, 0.15) is 12.4 Å². The third-order valence-electron chi connectivity index (χ3n) is 3.59. The highest BCUT2D eigenvalue weighted by Gasteiger charge is 2.25. The van der Waals surface area contributed by atoms with Crippen LogP contribution in [-0.4, -0.2) is 18.3 Å². The molecular formula is C19H21ClO2. The molecule has 0 saturated carbocycles. The second kappa shape index (κ2) is 8.00. The van der Waals surface area contributed by atoms with Gasteiger partial charge in [-0.15, -0.1) is 11.6 Å². The van der Waals surface area contributed by atoms with Gasteiger partial charge in [0.2, 0.25) is 0 Å². The second-order valence-electron chi connectivity index (χ2n) is 5.56. The van der Waals surface area contributed by atoms with Gasteiger partial charge in [-0.05, 0) is 35.7 Å². The molecule has 0 amide bonds. The Balaban J connectivity index is 2.21. The van der Waals surface area contributed by atoms with Gasteiger partial charge in [-0.2, -0.15) is 0 Å². The molecule has 0 radical (unpaired) electrons. The SMILES string of the molecule is CC(C)C(C(=O)c1ccc(OCCCl)cc1)c1ccccc1. The predicted molar refractivity (Wildman–Crippen MR) is 91.0 cm³/mol. The predicted octanol–water partition coefficient (Wildman–Crippen LogP) is 4.93. The van der Waals surface area contributed by atoms with Crippen molar-refractivity contribution in [3.05, 3.63) is 65.7 Å². The highest BCUT2D eigenvalue weighted by Crippen LogP contribution is 2.29. The van der Waals surface area contributed by atoms with Crippen LogP contribution in [0.5, 0.6) is 5.75 Å². The first-order valence-corrected chi connectivity index (χ1v) is 8.05. The van der Waals surface area contributed by atoms with Crippen molar-refractivity contribution in [2.45, 2.75) is 19.8 Å². The number of carbonyl (C=O) groups excluding carboxylic acids is 1. The Morgan fingerprint density at radius 3 is 2.23 bits per heavy atom. The molecule has 3 heteroatoms. The van der Waals surface area contributed by atoms with Crippen LogP contribution in [0.25, 0.3) is 0 Å². The number of ether oxygens (including phenoxy) is 1. The summed E-state index contributed by atoms with van der Waals surface area (Å²) in [5.41, 5.74) is 1.77. The van der Waals surface area contributed by atoms with Crippen molar-refractivity contribution >= 4 is 17.4 Å². The van der Waals surface area contributed by atoms with Crippen LogP contribution < -0.4 is 4.74 Å². The average molecular weight is 317 g/mol. The first kappa shape index (κ1) is 16.6. The molecule has 22 heavy (non-hydrogen) atoms. The minimum absolute atomic E-state index is 0.129. The fourth-order valence-electron chi connectivity index (χ4n) is 2.55. The van der Waals surface area contributed by atoms with Crippen LogP contribution in [0.3, 0.4) is 0 Å². The third-order valence-corrected chi connectivity index (χ3v) is 3.75. The lowest BCUT2D eigenvalue weighted by molar-refractivity contribution is 0.0938. The molecule has 0 aliphatic rings. The van der Waals surface area contributed by atoms with Crippen LogP contribution in [0.1, 0.15) is 35.7 Å². The van der Waals surface area contributed by atoms with Crippen LogP contribution in [0.15, 0.2) is 54.6 Å². The molecule has 2 nitrogen and oxygen atoms in total. The zero-order valence-corrected chi connectivity index (χ0v) is 13.7. The summed E-state index contributed by atoms with van der Waals surface area (Å²) in [4.78, 5) is 12.9. The van der Waals surface area contributed by atoms with E-state index in [1.807, 2.05) is 54.6 Å². The molecule has 1 atom stereocenters. The van der Waals surface area contributed by atoms with E-state index in [-0.39, 0.29) is 17.6 Å². The maximum absolute atomic E-state index is 12.9. The largest absolute Gasteiger partial charge is 0.492 e. The summed E-state index contributed by atoms with van der Waals surface area (Å²) in [6.45, 7) is 4.62. The van der Waals surface area contributed by atoms with E-state index in [0.29, 0.717) is 18.1 Å². The first-order chi connectivity index (χ1) is 10.6. The van der Waals surface area contributed by atoms with E-state index in [9.17, 15) is 4.79 Å². The van der Waals surface area contributed by atoms with E-state index in [1.54, 1.807) is 0 Å². The van der Waals surface area contributed by atoms with Crippen molar-refractivity contribution in [3.8, 4) is 5.75 Å². The number of Topliss-reactive ketones (excluding diaryl/α,β-unsaturated/α-hetero) is 1. The van der Waals surface area contributed by atoms with Crippen molar-refractivity contribution in [1.29, 1.82) is 0 Å². The topological polar surface area (TPSA) is 26.3 Å². The number of carbonyl (C=O) groups is 1. The van der Waals surface area contributed by atoms with Crippen LogP contribution in [-0.2, 0) is 0 Å². The van der Waals surface area contributed by atoms with Gasteiger partial charge in [0.15, 0.2) is 5.78 Å². The minimum Gasteiger partial charge on any atom is -0.492 e. The Morgan fingerprint density at radius 1 is 1.05 bits per heavy atom. The maximum atomic E-state index is 12.9. The molecule has 2 rings (SSSR count). The molecule has 116 valence electrons. The summed E-state index contributed by atoms with van der Waals surface area (Å²) < 4.78 is 5.44. The Labute approximate surface area is 137 Å². The summed E-state index contributed by atoms with van der Waals surface area (Å²) in [6, 6.07) is 17.2. The molecule has 0 bridgehead atoms. The van der Waals surface area contributed by atoms with Crippen molar-refractivity contribution in [3.63, 3.8) is 0 Å². The number of alkyl halides is 1. The molecule has 2 aromatic carbocycles. The van der Waals surface area contributed by atoms with Gasteiger partial charge in [0.05, 0.1) is 5.88 Å². The summed E-state index contributed by atoms with van der Waals surface area (Å²) >= 11 is 5.60. The summed E-state index contributed by atoms with van der Waals surface area (Å²) in [6.07, 6.45) is 0. The maximum Gasteiger partial charge on any atom is 0.170 e. The number of rotatable bonds is 7. The molecule has 0 aliphatic carbocycles. The molecule has 0 aliphatic heterocycles. The molecule has 0 spiro atoms. The molecular weight excluding hydrogens is 296 g/mol. The fourth-order valence-corrected chi connectivity index (χ4v) is 2.63. The smallest absolute Gasteiger partial charge is 0.170 e. The van der Waals surface area contributed by atoms with E-state index < -0.39 is 0 Å². The van der Waals surface area contributed by atoms with E-state index >= 15 is 0 Å². The van der Waals surface area contributed by atoms with Gasteiger partial charge in [-0.3, -0.25) is 4.79 Å². The average Bonchev–Trinajstić information content (AvgIpc) is 2.54. The lowest BCUT2D eigenvalue weighted by atomic mass is 9.82. The van der Waals surface area contributed by atoms with Crippen LogP contribution in [0.4, 0.5) is 0 Å². The Morgan fingerprint density at radius 2 is 1.68 bits per heavy atom. The molecule has 0 aromatic heterocycles. The van der Waals surface area contributed by atoms with E-state index in [2.05, 4.69) is 13.8 Å². The van der Waals surface area contributed by atoms with Crippen molar-refractivity contribution < 1.29 is 9.53 Å². The van der Waals surface area contributed by atoms with Gasteiger partial charge in [0.25, 0.3) is 0 Å². The quantitative estimate of drug-likeness (QED) is 0.535. The van der Waals surface area contributed by atoms with Gasteiger partial charge < -0.3 is 4.74 Å². The van der Waals surface area contributed by atoms with E-state index in [4.69, 9.17) is 16.3 Å². The van der Waals surface area contributed by atoms with Crippen molar-refractivity contribution in [1.82, 2.24) is 0 Å². The zero-order chi connectivity index (χ0) is 15.9. The highest BCUT2D eigenvalue weighted by atomic mass is 35.5. The van der Waals surface area contributed by atoms with Gasteiger partial charge >= 0.3 is 0 Å². The van der Waals surface area contributed by atoms with Gasteiger partial charge in [-0.25, -0.2) is 0 Å². The summed E-state index contributed by atoms with van der Waals surface area (Å²) in [5, 5.41) is 0. The number of ketones is 1. The minimum atomic E-state index is -0.129. The monoisotopic (exact) mass is 316 g/mol. The Hall–Kier alpha value is -1.80. The van der Waals surface area contributed by atoms with Crippen LogP contribution in [0.2, 0.25) is 0 Å². The third kappa shape index (κ3) is 4.11. The molecule has 0 heterocycles. The molecule has 1 unspecified atom stereocenters. The molecule has 0 fully saturated rings. The second-order valence-corrected chi connectivity index (χ2v) is 5.94. The Kier molecular flexibility index (Phi) is 6.02. The van der Waals surface area contributed by atoms with Crippen molar-refractivity contribution in [2.75, 3.05) is 12.5 Å².